The van der Waals surface area contributed by atoms with E-state index in [-0.39, 0.29) is 11.7 Å². The van der Waals surface area contributed by atoms with Gasteiger partial charge in [0, 0.05) is 31.4 Å². The Morgan fingerprint density at radius 3 is 2.82 bits per heavy atom. The zero-order valence-corrected chi connectivity index (χ0v) is 15.3. The van der Waals surface area contributed by atoms with Gasteiger partial charge in [0.2, 0.25) is 17.8 Å². The Morgan fingerprint density at radius 2 is 1.96 bits per heavy atom. The maximum Gasteiger partial charge on any atom is 0.232 e. The van der Waals surface area contributed by atoms with Gasteiger partial charge in [-0.15, -0.1) is 0 Å². The van der Waals surface area contributed by atoms with Crippen molar-refractivity contribution in [1.29, 1.82) is 0 Å². The third-order valence-corrected chi connectivity index (χ3v) is 4.46. The van der Waals surface area contributed by atoms with E-state index in [9.17, 15) is 9.18 Å². The van der Waals surface area contributed by atoms with Crippen LogP contribution in [0.5, 0.6) is 0 Å². The van der Waals surface area contributed by atoms with Crippen LogP contribution in [-0.4, -0.2) is 27.4 Å². The van der Waals surface area contributed by atoms with Crippen molar-refractivity contribution < 1.29 is 9.18 Å². The second-order valence-electron chi connectivity index (χ2n) is 6.58. The van der Waals surface area contributed by atoms with E-state index < -0.39 is 0 Å². The lowest BCUT2D eigenvalue weighted by molar-refractivity contribution is -0.114. The summed E-state index contributed by atoms with van der Waals surface area (Å²) in [5.74, 6) is 0.555. The fourth-order valence-corrected chi connectivity index (χ4v) is 3.20. The van der Waals surface area contributed by atoms with Crippen LogP contribution in [0, 0.1) is 5.82 Å². The van der Waals surface area contributed by atoms with Gasteiger partial charge in [0.05, 0.1) is 0 Å². The predicted octanol–water partition coefficient (Wildman–Crippen LogP) is 3.28. The van der Waals surface area contributed by atoms with Crippen molar-refractivity contribution in [1.82, 2.24) is 15.0 Å². The predicted molar refractivity (Wildman–Crippen MR) is 105 cm³/mol. The van der Waals surface area contributed by atoms with Gasteiger partial charge in [-0.25, -0.2) is 14.4 Å². The third-order valence-electron chi connectivity index (χ3n) is 4.46. The van der Waals surface area contributed by atoms with Gasteiger partial charge < -0.3 is 15.5 Å². The number of nitrogens with zero attached hydrogens (tertiary/aromatic N) is 4. The highest BCUT2D eigenvalue weighted by Gasteiger charge is 2.19. The molecule has 0 aliphatic carbocycles. The van der Waals surface area contributed by atoms with E-state index in [4.69, 9.17) is 0 Å². The van der Waals surface area contributed by atoms with Crippen molar-refractivity contribution in [2.45, 2.75) is 19.9 Å². The van der Waals surface area contributed by atoms with E-state index >= 15 is 0 Å². The SMILES string of the molecule is CC(=O)Nc1cccc(Nc2ncnc(N3CCc4ccc(F)cc4C3)n2)c1. The Morgan fingerprint density at radius 1 is 1.11 bits per heavy atom. The number of benzene rings is 2. The zero-order valence-electron chi connectivity index (χ0n) is 15.3. The van der Waals surface area contributed by atoms with Gasteiger partial charge in [-0.2, -0.15) is 4.98 Å². The number of carbonyl (C=O) groups excluding carboxylic acids is 1. The topological polar surface area (TPSA) is 83.0 Å². The Bertz CT molecular complexity index is 1030. The Labute approximate surface area is 161 Å². The molecule has 0 unspecified atom stereocenters. The Hall–Kier alpha value is -3.55. The first-order valence-electron chi connectivity index (χ1n) is 8.93. The first-order valence-corrected chi connectivity index (χ1v) is 8.93. The minimum atomic E-state index is -0.238. The molecule has 1 aliphatic heterocycles. The fourth-order valence-electron chi connectivity index (χ4n) is 3.20. The summed E-state index contributed by atoms with van der Waals surface area (Å²) in [7, 11) is 0. The van der Waals surface area contributed by atoms with E-state index in [2.05, 4.69) is 25.6 Å². The quantitative estimate of drug-likeness (QED) is 0.725. The lowest BCUT2D eigenvalue weighted by Crippen LogP contribution is -2.32. The van der Waals surface area contributed by atoms with Gasteiger partial charge in [0.1, 0.15) is 12.1 Å². The summed E-state index contributed by atoms with van der Waals surface area (Å²) in [5.41, 5.74) is 3.53. The third kappa shape index (κ3) is 4.06. The number of carbonyl (C=O) groups is 1. The van der Waals surface area contributed by atoms with E-state index in [1.54, 1.807) is 18.2 Å². The van der Waals surface area contributed by atoms with Gasteiger partial charge in [0.15, 0.2) is 0 Å². The zero-order chi connectivity index (χ0) is 19.5. The second-order valence-corrected chi connectivity index (χ2v) is 6.58. The molecule has 8 heteroatoms. The number of nitrogens with one attached hydrogen (secondary N) is 2. The average Bonchev–Trinajstić information content (AvgIpc) is 2.67. The molecule has 0 radical (unpaired) electrons. The normalized spacial score (nSPS) is 13.0. The first-order chi connectivity index (χ1) is 13.6. The van der Waals surface area contributed by atoms with E-state index in [1.807, 2.05) is 23.1 Å². The van der Waals surface area contributed by atoms with Crippen molar-refractivity contribution in [3.05, 3.63) is 65.7 Å². The molecule has 1 aliphatic rings. The van der Waals surface area contributed by atoms with Gasteiger partial charge in [0.25, 0.3) is 0 Å². The number of hydrogen-bond donors (Lipinski definition) is 2. The molecule has 0 fully saturated rings. The van der Waals surface area contributed by atoms with Crippen molar-refractivity contribution in [2.75, 3.05) is 22.1 Å². The molecule has 28 heavy (non-hydrogen) atoms. The number of aromatic nitrogens is 3. The molecular formula is C20H19FN6O. The minimum absolute atomic E-state index is 0.138. The second kappa shape index (κ2) is 7.59. The smallest absolute Gasteiger partial charge is 0.232 e. The number of fused-ring (bicyclic) bond motifs is 1. The van der Waals surface area contributed by atoms with Crippen LogP contribution in [0.4, 0.5) is 27.7 Å². The van der Waals surface area contributed by atoms with Gasteiger partial charge >= 0.3 is 0 Å². The first kappa shape index (κ1) is 17.8. The largest absolute Gasteiger partial charge is 0.336 e. The van der Waals surface area contributed by atoms with Crippen LogP contribution in [0.1, 0.15) is 18.1 Å². The molecule has 4 rings (SSSR count). The minimum Gasteiger partial charge on any atom is -0.336 e. The summed E-state index contributed by atoms with van der Waals surface area (Å²) in [5, 5.41) is 5.86. The molecule has 0 saturated heterocycles. The molecule has 1 amide bonds. The fraction of sp³-hybridized carbons (Fsp3) is 0.200. The van der Waals surface area contributed by atoms with Crippen LogP contribution < -0.4 is 15.5 Å². The van der Waals surface area contributed by atoms with Crippen LogP contribution >= 0.6 is 0 Å². The maximum atomic E-state index is 13.5. The average molecular weight is 378 g/mol. The van der Waals surface area contributed by atoms with E-state index in [0.717, 1.165) is 29.8 Å². The molecule has 2 heterocycles. The van der Waals surface area contributed by atoms with Crippen molar-refractivity contribution in [3.63, 3.8) is 0 Å². The lowest BCUT2D eigenvalue weighted by atomic mass is 10.00. The molecule has 0 atom stereocenters. The van der Waals surface area contributed by atoms with Crippen LogP contribution in [0.25, 0.3) is 0 Å². The van der Waals surface area contributed by atoms with Crippen LogP contribution in [0.15, 0.2) is 48.8 Å². The van der Waals surface area contributed by atoms with E-state index in [1.165, 1.54) is 19.3 Å². The summed E-state index contributed by atoms with van der Waals surface area (Å²) < 4.78 is 13.5. The molecule has 2 aromatic carbocycles. The number of anilines is 4. The summed E-state index contributed by atoms with van der Waals surface area (Å²) in [6.07, 6.45) is 2.26. The molecular weight excluding hydrogens is 359 g/mol. The number of hydrogen-bond acceptors (Lipinski definition) is 6. The molecule has 0 spiro atoms. The van der Waals surface area contributed by atoms with Gasteiger partial charge in [-0.1, -0.05) is 12.1 Å². The standard InChI is InChI=1S/C20H19FN6O/c1-13(28)24-17-3-2-4-18(10-17)25-19-22-12-23-20(26-19)27-8-7-14-5-6-16(21)9-15(14)11-27/h2-6,9-10,12H,7-8,11H2,1H3,(H,24,28)(H,22,23,25,26). The molecule has 142 valence electrons. The molecule has 2 N–H and O–H groups in total. The Kier molecular flexibility index (Phi) is 4.84. The number of amides is 1. The number of rotatable bonds is 4. The molecule has 7 nitrogen and oxygen atoms in total. The van der Waals surface area contributed by atoms with E-state index in [0.29, 0.717) is 24.1 Å². The molecule has 0 bridgehead atoms. The van der Waals surface area contributed by atoms with Crippen molar-refractivity contribution in [3.8, 4) is 0 Å². The number of halogens is 1. The summed E-state index contributed by atoms with van der Waals surface area (Å²) in [4.78, 5) is 26.2. The molecule has 1 aromatic heterocycles. The van der Waals surface area contributed by atoms with Crippen LogP contribution in [0.2, 0.25) is 0 Å². The molecule has 3 aromatic rings. The van der Waals surface area contributed by atoms with Gasteiger partial charge in [-0.3, -0.25) is 4.79 Å². The summed E-state index contributed by atoms with van der Waals surface area (Å²) in [6.45, 7) is 2.76. The lowest BCUT2D eigenvalue weighted by Gasteiger charge is -2.28. The summed E-state index contributed by atoms with van der Waals surface area (Å²) >= 11 is 0. The maximum absolute atomic E-state index is 13.5. The summed E-state index contributed by atoms with van der Waals surface area (Å²) in [6, 6.07) is 12.2. The Balaban J connectivity index is 1.52. The van der Waals surface area contributed by atoms with Crippen molar-refractivity contribution in [2.24, 2.45) is 0 Å². The van der Waals surface area contributed by atoms with Crippen molar-refractivity contribution >= 4 is 29.2 Å². The van der Waals surface area contributed by atoms with Crippen LogP contribution in [0.3, 0.4) is 0 Å². The van der Waals surface area contributed by atoms with Crippen LogP contribution in [-0.2, 0) is 17.8 Å². The highest BCUT2D eigenvalue weighted by molar-refractivity contribution is 5.89. The molecule has 0 saturated carbocycles. The monoisotopic (exact) mass is 378 g/mol. The van der Waals surface area contributed by atoms with Gasteiger partial charge in [-0.05, 0) is 47.9 Å². The highest BCUT2D eigenvalue weighted by Crippen LogP contribution is 2.24. The highest BCUT2D eigenvalue weighted by atomic mass is 19.1.